The molecule has 106 valence electrons. The highest BCUT2D eigenvalue weighted by Gasteiger charge is 2.13. The van der Waals surface area contributed by atoms with Crippen LogP contribution in [0, 0.1) is 5.92 Å². The lowest BCUT2D eigenvalue weighted by Crippen LogP contribution is -2.17. The fourth-order valence-corrected chi connectivity index (χ4v) is 3.06. The van der Waals surface area contributed by atoms with Crippen LogP contribution in [-0.2, 0) is 0 Å². The van der Waals surface area contributed by atoms with Gasteiger partial charge in [0.1, 0.15) is 11.6 Å². The highest BCUT2D eigenvalue weighted by Crippen LogP contribution is 2.27. The first-order valence-electron chi connectivity index (χ1n) is 7.53. The van der Waals surface area contributed by atoms with Crippen molar-refractivity contribution in [1.82, 2.24) is 4.98 Å². The SMILES string of the molecule is COc1ccc2c(NCC3CCCCC3)nccc2c1. The minimum Gasteiger partial charge on any atom is -0.497 e. The van der Waals surface area contributed by atoms with Crippen molar-refractivity contribution in [2.24, 2.45) is 5.92 Å². The van der Waals surface area contributed by atoms with E-state index in [0.29, 0.717) is 0 Å². The highest BCUT2D eigenvalue weighted by atomic mass is 16.5. The fraction of sp³-hybridized carbons (Fsp3) is 0.471. The molecule has 0 aliphatic heterocycles. The van der Waals surface area contributed by atoms with Crippen LogP contribution in [0.2, 0.25) is 0 Å². The van der Waals surface area contributed by atoms with E-state index in [-0.39, 0.29) is 0 Å². The number of nitrogens with one attached hydrogen (secondary N) is 1. The molecule has 1 heterocycles. The summed E-state index contributed by atoms with van der Waals surface area (Å²) in [5, 5.41) is 5.89. The molecule has 1 N–H and O–H groups in total. The molecule has 3 rings (SSSR count). The predicted molar refractivity (Wildman–Crippen MR) is 83.4 cm³/mol. The van der Waals surface area contributed by atoms with Gasteiger partial charge >= 0.3 is 0 Å². The van der Waals surface area contributed by atoms with Crippen molar-refractivity contribution in [1.29, 1.82) is 0 Å². The molecule has 2 aromatic rings. The second-order valence-corrected chi connectivity index (χ2v) is 5.63. The summed E-state index contributed by atoms with van der Waals surface area (Å²) in [6, 6.07) is 8.17. The number of anilines is 1. The number of aromatic nitrogens is 1. The Balaban J connectivity index is 1.76. The van der Waals surface area contributed by atoms with Gasteiger partial charge < -0.3 is 10.1 Å². The summed E-state index contributed by atoms with van der Waals surface area (Å²) >= 11 is 0. The fourth-order valence-electron chi connectivity index (χ4n) is 3.06. The standard InChI is InChI=1S/C17H22N2O/c1-20-15-7-8-16-14(11-15)9-10-18-17(16)19-12-13-5-3-2-4-6-13/h7-11,13H,2-6,12H2,1H3,(H,18,19). The molecule has 1 saturated carbocycles. The van der Waals surface area contributed by atoms with E-state index in [1.54, 1.807) is 7.11 Å². The second kappa shape index (κ2) is 6.12. The molecule has 0 radical (unpaired) electrons. The average molecular weight is 270 g/mol. The van der Waals surface area contributed by atoms with Gasteiger partial charge in [-0.2, -0.15) is 0 Å². The van der Waals surface area contributed by atoms with E-state index in [1.165, 1.54) is 42.9 Å². The lowest BCUT2D eigenvalue weighted by atomic mass is 9.89. The average Bonchev–Trinajstić information content (AvgIpc) is 2.53. The molecule has 0 unspecified atom stereocenters. The van der Waals surface area contributed by atoms with Crippen LogP contribution in [0.15, 0.2) is 30.5 Å². The number of hydrogen-bond acceptors (Lipinski definition) is 3. The minimum absolute atomic E-state index is 0.805. The van der Waals surface area contributed by atoms with Crippen molar-refractivity contribution in [2.75, 3.05) is 19.0 Å². The zero-order valence-corrected chi connectivity index (χ0v) is 12.1. The van der Waals surface area contributed by atoms with Crippen LogP contribution in [0.25, 0.3) is 10.8 Å². The Labute approximate surface area is 120 Å². The molecule has 1 aliphatic carbocycles. The summed E-state index contributed by atoms with van der Waals surface area (Å²) in [7, 11) is 1.70. The third-order valence-electron chi connectivity index (χ3n) is 4.25. The van der Waals surface area contributed by atoms with Crippen LogP contribution in [0.5, 0.6) is 5.75 Å². The number of methoxy groups -OCH3 is 1. The molecule has 1 aromatic carbocycles. The first-order chi connectivity index (χ1) is 9.86. The number of hydrogen-bond donors (Lipinski definition) is 1. The summed E-state index contributed by atoms with van der Waals surface area (Å²) in [5.41, 5.74) is 0. The monoisotopic (exact) mass is 270 g/mol. The zero-order valence-electron chi connectivity index (χ0n) is 12.1. The number of fused-ring (bicyclic) bond motifs is 1. The zero-order chi connectivity index (χ0) is 13.8. The van der Waals surface area contributed by atoms with Crippen LogP contribution in [0.3, 0.4) is 0 Å². The summed E-state index contributed by atoms with van der Waals surface area (Å²) in [6.07, 6.45) is 8.74. The molecule has 0 bridgehead atoms. The van der Waals surface area contributed by atoms with Crippen molar-refractivity contribution in [3.63, 3.8) is 0 Å². The smallest absolute Gasteiger partial charge is 0.133 e. The van der Waals surface area contributed by atoms with Crippen LogP contribution in [0.1, 0.15) is 32.1 Å². The largest absolute Gasteiger partial charge is 0.497 e. The molecule has 3 heteroatoms. The third-order valence-corrected chi connectivity index (χ3v) is 4.25. The molecule has 0 saturated heterocycles. The van der Waals surface area contributed by atoms with Crippen LogP contribution >= 0.6 is 0 Å². The predicted octanol–water partition coefficient (Wildman–Crippen LogP) is 4.24. The number of nitrogens with zero attached hydrogens (tertiary/aromatic N) is 1. The summed E-state index contributed by atoms with van der Waals surface area (Å²) in [5.74, 6) is 2.69. The lowest BCUT2D eigenvalue weighted by molar-refractivity contribution is 0.373. The lowest BCUT2D eigenvalue weighted by Gasteiger charge is -2.22. The van der Waals surface area contributed by atoms with Crippen molar-refractivity contribution in [3.05, 3.63) is 30.5 Å². The second-order valence-electron chi connectivity index (χ2n) is 5.63. The molecule has 20 heavy (non-hydrogen) atoms. The highest BCUT2D eigenvalue weighted by molar-refractivity contribution is 5.92. The summed E-state index contributed by atoms with van der Waals surface area (Å²) in [4.78, 5) is 4.49. The van der Waals surface area contributed by atoms with Gasteiger partial charge in [0.25, 0.3) is 0 Å². The molecule has 1 fully saturated rings. The third kappa shape index (κ3) is 2.87. The number of ether oxygens (including phenoxy) is 1. The maximum absolute atomic E-state index is 5.28. The van der Waals surface area contributed by atoms with E-state index >= 15 is 0 Å². The van der Waals surface area contributed by atoms with Gasteiger partial charge in [-0.05, 0) is 48.4 Å². The number of pyridine rings is 1. The molecule has 0 amide bonds. The molecule has 0 atom stereocenters. The van der Waals surface area contributed by atoms with E-state index in [2.05, 4.69) is 22.4 Å². The van der Waals surface area contributed by atoms with Crippen molar-refractivity contribution in [3.8, 4) is 5.75 Å². The van der Waals surface area contributed by atoms with Gasteiger partial charge in [-0.15, -0.1) is 0 Å². The van der Waals surface area contributed by atoms with Crippen LogP contribution < -0.4 is 10.1 Å². The maximum atomic E-state index is 5.28. The summed E-state index contributed by atoms with van der Waals surface area (Å²) < 4.78 is 5.28. The molecular formula is C17H22N2O. The van der Waals surface area contributed by atoms with Gasteiger partial charge in [0.15, 0.2) is 0 Å². The molecule has 1 aromatic heterocycles. The maximum Gasteiger partial charge on any atom is 0.133 e. The van der Waals surface area contributed by atoms with Gasteiger partial charge in [0.2, 0.25) is 0 Å². The van der Waals surface area contributed by atoms with E-state index in [9.17, 15) is 0 Å². The first-order valence-corrected chi connectivity index (χ1v) is 7.53. The molecule has 0 spiro atoms. The van der Waals surface area contributed by atoms with Crippen LogP contribution in [-0.4, -0.2) is 18.6 Å². The Morgan fingerprint density at radius 3 is 2.85 bits per heavy atom. The van der Waals surface area contributed by atoms with E-state index in [0.717, 1.165) is 24.0 Å². The van der Waals surface area contributed by atoms with Crippen molar-refractivity contribution < 1.29 is 4.74 Å². The number of rotatable bonds is 4. The number of benzene rings is 1. The van der Waals surface area contributed by atoms with E-state index in [4.69, 9.17) is 4.74 Å². The first kappa shape index (κ1) is 13.2. The van der Waals surface area contributed by atoms with Crippen LogP contribution in [0.4, 0.5) is 5.82 Å². The van der Waals surface area contributed by atoms with E-state index in [1.807, 2.05) is 18.3 Å². The van der Waals surface area contributed by atoms with Gasteiger partial charge in [-0.1, -0.05) is 19.3 Å². The minimum atomic E-state index is 0.805. The normalized spacial score (nSPS) is 16.2. The Kier molecular flexibility index (Phi) is 4.05. The van der Waals surface area contributed by atoms with Gasteiger partial charge in [0, 0.05) is 18.1 Å². The van der Waals surface area contributed by atoms with Gasteiger partial charge in [-0.3, -0.25) is 0 Å². The topological polar surface area (TPSA) is 34.1 Å². The Morgan fingerprint density at radius 1 is 1.20 bits per heavy atom. The molecule has 1 aliphatic rings. The quantitative estimate of drug-likeness (QED) is 0.902. The Bertz CT molecular complexity index is 576. The van der Waals surface area contributed by atoms with E-state index < -0.39 is 0 Å². The molecular weight excluding hydrogens is 248 g/mol. The Hall–Kier alpha value is -1.77. The van der Waals surface area contributed by atoms with Crippen molar-refractivity contribution >= 4 is 16.6 Å². The van der Waals surface area contributed by atoms with Crippen molar-refractivity contribution in [2.45, 2.75) is 32.1 Å². The molecule has 3 nitrogen and oxygen atoms in total. The van der Waals surface area contributed by atoms with Gasteiger partial charge in [0.05, 0.1) is 7.11 Å². The summed E-state index contributed by atoms with van der Waals surface area (Å²) in [6.45, 7) is 1.04. The Morgan fingerprint density at radius 2 is 2.05 bits per heavy atom. The van der Waals surface area contributed by atoms with Gasteiger partial charge in [-0.25, -0.2) is 4.98 Å².